The maximum Gasteiger partial charge on any atom is 0.316 e. The highest BCUT2D eigenvalue weighted by atomic mass is 32.2. The van der Waals surface area contributed by atoms with E-state index in [-0.39, 0.29) is 11.7 Å². The largest absolute Gasteiger partial charge is 0.468 e. The van der Waals surface area contributed by atoms with Gasteiger partial charge in [0.25, 0.3) is 0 Å². The fraction of sp³-hybridized carbons (Fsp3) is 0.529. The van der Waals surface area contributed by atoms with Crippen molar-refractivity contribution in [3.63, 3.8) is 0 Å². The number of carbonyl (C=O) groups is 1. The van der Waals surface area contributed by atoms with Crippen LogP contribution in [0.5, 0.6) is 0 Å². The molecule has 9 heteroatoms. The van der Waals surface area contributed by atoms with Crippen LogP contribution in [0.3, 0.4) is 0 Å². The van der Waals surface area contributed by atoms with Crippen molar-refractivity contribution in [2.75, 3.05) is 12.9 Å². The molecule has 0 aromatic carbocycles. The molecule has 0 amide bonds. The topological polar surface area (TPSA) is 69.4 Å². The van der Waals surface area contributed by atoms with Crippen molar-refractivity contribution in [1.29, 1.82) is 0 Å². The van der Waals surface area contributed by atoms with Gasteiger partial charge in [-0.05, 0) is 31.2 Å². The van der Waals surface area contributed by atoms with Crippen molar-refractivity contribution < 1.29 is 9.53 Å². The molecule has 26 heavy (non-hydrogen) atoms. The molecular weight excluding hydrogens is 388 g/mol. The quantitative estimate of drug-likeness (QED) is 0.359. The van der Waals surface area contributed by atoms with Gasteiger partial charge in [0.15, 0.2) is 16.0 Å². The fourth-order valence-corrected chi connectivity index (χ4v) is 6.15. The lowest BCUT2D eigenvalue weighted by atomic mass is 9.97. The van der Waals surface area contributed by atoms with Gasteiger partial charge in [0, 0.05) is 10.1 Å². The highest BCUT2D eigenvalue weighted by Gasteiger charge is 2.24. The highest BCUT2D eigenvalue weighted by molar-refractivity contribution is 8.00. The first-order valence-electron chi connectivity index (χ1n) is 8.64. The van der Waals surface area contributed by atoms with Gasteiger partial charge in [-0.2, -0.15) is 0 Å². The Bertz CT molecular complexity index is 980. The van der Waals surface area contributed by atoms with E-state index in [1.165, 1.54) is 42.2 Å². The zero-order chi connectivity index (χ0) is 18.3. The molecule has 0 unspecified atom stereocenters. The van der Waals surface area contributed by atoms with Gasteiger partial charge in [0.05, 0.1) is 18.2 Å². The third-order valence-electron chi connectivity index (χ3n) is 4.29. The van der Waals surface area contributed by atoms with Crippen molar-refractivity contribution >= 4 is 56.7 Å². The van der Waals surface area contributed by atoms with E-state index in [2.05, 4.69) is 24.0 Å². The van der Waals surface area contributed by atoms with Crippen molar-refractivity contribution in [3.05, 3.63) is 10.4 Å². The summed E-state index contributed by atoms with van der Waals surface area (Å²) >= 11 is 4.84. The van der Waals surface area contributed by atoms with Crippen LogP contribution in [0.4, 0.5) is 0 Å². The normalized spacial score (nSPS) is 14.3. The van der Waals surface area contributed by atoms with Gasteiger partial charge in [-0.25, -0.2) is 9.38 Å². The zero-order valence-electron chi connectivity index (χ0n) is 14.9. The number of thiophene rings is 1. The van der Waals surface area contributed by atoms with Crippen LogP contribution >= 0.6 is 34.9 Å². The number of fused-ring (bicyclic) bond motifs is 5. The van der Waals surface area contributed by atoms with Crippen molar-refractivity contribution in [2.45, 2.75) is 55.1 Å². The summed E-state index contributed by atoms with van der Waals surface area (Å²) in [6.07, 6.45) is 4.68. The number of thioether (sulfide) groups is 2. The Kier molecular flexibility index (Phi) is 5.11. The predicted molar refractivity (Wildman–Crippen MR) is 107 cm³/mol. The minimum atomic E-state index is -0.272. The number of ether oxygens (including phenoxy) is 1. The van der Waals surface area contributed by atoms with Gasteiger partial charge >= 0.3 is 5.97 Å². The smallest absolute Gasteiger partial charge is 0.316 e. The van der Waals surface area contributed by atoms with Crippen LogP contribution in [-0.4, -0.2) is 43.7 Å². The minimum Gasteiger partial charge on any atom is -0.468 e. The Morgan fingerprint density at radius 2 is 2.08 bits per heavy atom. The number of rotatable bonds is 5. The predicted octanol–water partition coefficient (Wildman–Crippen LogP) is 3.98. The lowest BCUT2D eigenvalue weighted by Crippen LogP contribution is -2.05. The molecule has 0 N–H and O–H groups in total. The van der Waals surface area contributed by atoms with Crippen LogP contribution in [0.1, 0.15) is 37.1 Å². The van der Waals surface area contributed by atoms with Gasteiger partial charge in [0.1, 0.15) is 4.83 Å². The van der Waals surface area contributed by atoms with Crippen LogP contribution in [0.15, 0.2) is 10.3 Å². The maximum atomic E-state index is 11.5. The molecule has 0 atom stereocenters. The number of esters is 1. The van der Waals surface area contributed by atoms with E-state index < -0.39 is 0 Å². The SMILES string of the molecule is COC(=O)CSc1nnc2c3c4c(sc3nc(SC(C)C)n12)CCCC4. The molecule has 0 fully saturated rings. The summed E-state index contributed by atoms with van der Waals surface area (Å²) in [6.45, 7) is 4.29. The molecule has 1 aliphatic carbocycles. The average Bonchev–Trinajstić information content (AvgIpc) is 3.19. The van der Waals surface area contributed by atoms with Gasteiger partial charge in [0.2, 0.25) is 0 Å². The Hall–Kier alpha value is -1.32. The van der Waals surface area contributed by atoms with Crippen LogP contribution in [0, 0.1) is 0 Å². The molecule has 4 rings (SSSR count). The van der Waals surface area contributed by atoms with Gasteiger partial charge in [-0.1, -0.05) is 37.4 Å². The molecule has 3 aromatic heterocycles. The number of carbonyl (C=O) groups excluding carboxylic acids is 1. The summed E-state index contributed by atoms with van der Waals surface area (Å²) in [7, 11) is 1.40. The van der Waals surface area contributed by atoms with E-state index in [1.54, 1.807) is 23.1 Å². The van der Waals surface area contributed by atoms with Crippen LogP contribution in [-0.2, 0) is 22.4 Å². The number of hydrogen-bond acceptors (Lipinski definition) is 8. The van der Waals surface area contributed by atoms with Crippen molar-refractivity contribution in [3.8, 4) is 0 Å². The summed E-state index contributed by atoms with van der Waals surface area (Å²) in [5.74, 6) is -0.0603. The first kappa shape index (κ1) is 18.1. The molecule has 0 radical (unpaired) electrons. The number of hydrogen-bond donors (Lipinski definition) is 0. The van der Waals surface area contributed by atoms with E-state index in [0.29, 0.717) is 10.4 Å². The summed E-state index contributed by atoms with van der Waals surface area (Å²) < 4.78 is 6.77. The Morgan fingerprint density at radius 3 is 2.85 bits per heavy atom. The summed E-state index contributed by atoms with van der Waals surface area (Å²) in [4.78, 5) is 19.0. The van der Waals surface area contributed by atoms with Gasteiger partial charge < -0.3 is 4.74 Å². The van der Waals surface area contributed by atoms with Crippen LogP contribution in [0.25, 0.3) is 15.9 Å². The maximum absolute atomic E-state index is 11.5. The Morgan fingerprint density at radius 1 is 1.27 bits per heavy atom. The third kappa shape index (κ3) is 3.20. The Balaban J connectivity index is 1.90. The number of aryl methyl sites for hydroxylation is 2. The monoisotopic (exact) mass is 408 g/mol. The molecule has 0 saturated heterocycles. The molecule has 0 aliphatic heterocycles. The second-order valence-electron chi connectivity index (χ2n) is 6.46. The highest BCUT2D eigenvalue weighted by Crippen LogP contribution is 2.40. The minimum absolute atomic E-state index is 0.211. The Labute approximate surface area is 164 Å². The van der Waals surface area contributed by atoms with E-state index in [1.807, 2.05) is 4.40 Å². The molecule has 3 heterocycles. The first-order chi connectivity index (χ1) is 12.6. The molecule has 6 nitrogen and oxygen atoms in total. The lowest BCUT2D eigenvalue weighted by molar-refractivity contribution is -0.137. The molecule has 3 aromatic rings. The number of nitrogens with zero attached hydrogens (tertiary/aromatic N) is 4. The van der Waals surface area contributed by atoms with Gasteiger partial charge in [-0.3, -0.25) is 4.79 Å². The first-order valence-corrected chi connectivity index (χ1v) is 11.3. The van der Waals surface area contributed by atoms with Crippen LogP contribution < -0.4 is 0 Å². The standard InChI is InChI=1S/C17H20N4O2S3/c1-9(2)25-16-18-15-13(10-6-4-5-7-11(10)26-15)14-19-20-17(21(14)16)24-8-12(22)23-3/h9H,4-8H2,1-3H3. The van der Waals surface area contributed by atoms with E-state index in [0.717, 1.165) is 33.9 Å². The molecule has 138 valence electrons. The summed E-state index contributed by atoms with van der Waals surface area (Å²) in [5, 5.41) is 12.0. The third-order valence-corrected chi connectivity index (χ3v) is 7.33. The molecule has 0 spiro atoms. The fourth-order valence-electron chi connectivity index (χ4n) is 3.17. The summed E-state index contributed by atoms with van der Waals surface area (Å²) in [5.41, 5.74) is 2.26. The second-order valence-corrected chi connectivity index (χ2v) is 10.0. The van der Waals surface area contributed by atoms with Crippen molar-refractivity contribution in [1.82, 2.24) is 19.6 Å². The second kappa shape index (κ2) is 7.36. The number of methoxy groups -OCH3 is 1. The lowest BCUT2D eigenvalue weighted by Gasteiger charge is -2.11. The average molecular weight is 409 g/mol. The summed E-state index contributed by atoms with van der Waals surface area (Å²) in [6, 6.07) is 0. The number of aromatic nitrogens is 4. The van der Waals surface area contributed by atoms with E-state index in [4.69, 9.17) is 9.72 Å². The zero-order valence-corrected chi connectivity index (χ0v) is 17.4. The molecular formula is C17H20N4O2S3. The van der Waals surface area contributed by atoms with Crippen molar-refractivity contribution in [2.24, 2.45) is 0 Å². The van der Waals surface area contributed by atoms with E-state index >= 15 is 0 Å². The molecule has 0 bridgehead atoms. The van der Waals surface area contributed by atoms with Crippen LogP contribution in [0.2, 0.25) is 0 Å². The van der Waals surface area contributed by atoms with E-state index in [9.17, 15) is 4.79 Å². The molecule has 0 saturated carbocycles. The molecule has 1 aliphatic rings. The van der Waals surface area contributed by atoms with Gasteiger partial charge in [-0.15, -0.1) is 21.5 Å².